The van der Waals surface area contributed by atoms with Crippen molar-refractivity contribution in [2.24, 2.45) is 4.99 Å². The third-order valence-corrected chi connectivity index (χ3v) is 3.61. The van der Waals surface area contributed by atoms with Gasteiger partial charge in [-0.2, -0.15) is 0 Å². The fraction of sp³-hybridized carbons (Fsp3) is 0.0385. The molecule has 0 saturated carbocycles. The second-order valence-electron chi connectivity index (χ2n) is 5.58. The van der Waals surface area contributed by atoms with E-state index in [0.29, 0.717) is 6.54 Å². The minimum Gasteiger partial charge on any atom is -0.211 e. The van der Waals surface area contributed by atoms with Gasteiger partial charge >= 0.3 is 0 Å². The molecule has 0 atom stereocenters. The molecule has 0 aliphatic carbocycles. The Labute approximate surface area is 167 Å². The Kier molecular flexibility index (Phi) is 11.5. The van der Waals surface area contributed by atoms with Crippen LogP contribution in [-0.2, 0) is 11.3 Å². The molecule has 0 fully saturated rings. The summed E-state index contributed by atoms with van der Waals surface area (Å²) in [6.07, 6.45) is 6.98. The van der Waals surface area contributed by atoms with Crippen LogP contribution in [-0.4, -0.2) is 6.08 Å². The van der Waals surface area contributed by atoms with Crippen LogP contribution >= 0.6 is 0 Å². The summed E-state index contributed by atoms with van der Waals surface area (Å²) in [5.41, 5.74) is 4.49. The summed E-state index contributed by atoms with van der Waals surface area (Å²) in [5.74, 6) is 0. The molecule has 0 aromatic heterocycles. The molecule has 0 unspecified atom stereocenters. The summed E-state index contributed by atoms with van der Waals surface area (Å²) in [6, 6.07) is 27.7. The molecule has 0 aliphatic rings. The van der Waals surface area contributed by atoms with E-state index in [-0.39, 0.29) is 0 Å². The van der Waals surface area contributed by atoms with Crippen molar-refractivity contribution in [1.82, 2.24) is 0 Å². The van der Waals surface area contributed by atoms with Crippen molar-refractivity contribution in [3.63, 3.8) is 0 Å². The van der Waals surface area contributed by atoms with Gasteiger partial charge in [-0.05, 0) is 22.3 Å². The van der Waals surface area contributed by atoms with Gasteiger partial charge < -0.3 is 0 Å². The molecule has 0 radical (unpaired) electrons. The van der Waals surface area contributed by atoms with E-state index in [4.69, 9.17) is 0 Å². The van der Waals surface area contributed by atoms with Crippen molar-refractivity contribution in [1.29, 1.82) is 0 Å². The second kappa shape index (κ2) is 14.4. The monoisotopic (exact) mass is 367 g/mol. The van der Waals surface area contributed by atoms with Gasteiger partial charge in [0.2, 0.25) is 6.08 Å². The van der Waals surface area contributed by atoms with Gasteiger partial charge in [0.15, 0.2) is 0 Å². The highest BCUT2D eigenvalue weighted by Crippen LogP contribution is 2.05. The van der Waals surface area contributed by atoms with Gasteiger partial charge in [0.05, 0.1) is 6.54 Å². The summed E-state index contributed by atoms with van der Waals surface area (Å²) in [5, 5.41) is 0. The van der Waals surface area contributed by atoms with E-state index in [1.165, 1.54) is 11.6 Å². The van der Waals surface area contributed by atoms with Gasteiger partial charge in [-0.25, -0.2) is 9.79 Å². The van der Waals surface area contributed by atoms with Crippen molar-refractivity contribution < 1.29 is 4.79 Å². The quantitative estimate of drug-likeness (QED) is 0.359. The van der Waals surface area contributed by atoms with Crippen LogP contribution in [0.4, 0.5) is 0 Å². The number of carbonyl (C=O) groups excluding carboxylic acids is 1. The van der Waals surface area contributed by atoms with Crippen LogP contribution in [0.1, 0.15) is 22.3 Å². The number of isocyanates is 1. The molecule has 0 bridgehead atoms. The first-order valence-corrected chi connectivity index (χ1v) is 8.83. The van der Waals surface area contributed by atoms with E-state index in [9.17, 15) is 4.79 Å². The summed E-state index contributed by atoms with van der Waals surface area (Å²) < 4.78 is 0. The Bertz CT molecular complexity index is 848. The zero-order valence-electron chi connectivity index (χ0n) is 16.0. The number of aliphatic imine (C=N–C) groups is 1. The van der Waals surface area contributed by atoms with Gasteiger partial charge in [0, 0.05) is 0 Å². The Morgan fingerprint density at radius 1 is 0.643 bits per heavy atom. The Morgan fingerprint density at radius 2 is 1.04 bits per heavy atom. The lowest BCUT2D eigenvalue weighted by atomic mass is 10.1. The van der Waals surface area contributed by atoms with E-state index in [2.05, 4.69) is 24.7 Å². The number of nitrogens with zero attached hydrogens (tertiary/aromatic N) is 1. The van der Waals surface area contributed by atoms with Crippen LogP contribution in [0.2, 0.25) is 0 Å². The van der Waals surface area contributed by atoms with Gasteiger partial charge in [-0.15, -0.1) is 0 Å². The molecule has 2 nitrogen and oxygen atoms in total. The predicted molar refractivity (Wildman–Crippen MR) is 121 cm³/mol. The molecular weight excluding hydrogens is 342 g/mol. The number of hydrogen-bond acceptors (Lipinski definition) is 2. The largest absolute Gasteiger partial charge is 0.235 e. The number of hydrogen-bond donors (Lipinski definition) is 0. The molecule has 0 spiro atoms. The topological polar surface area (TPSA) is 29.4 Å². The highest BCUT2D eigenvalue weighted by molar-refractivity contribution is 5.53. The molecule has 0 heterocycles. The standard InChI is InChI=1S/C10H10.C8H7NO.C8H8/c1-3-9-5-7-10(4-2)8-6-9;10-7-9-6-8-4-2-1-3-5-8;1-2-8-6-4-3-5-7-8/h3-8H,1-2H2;1-5H,6H2;2-7H,1H2. The van der Waals surface area contributed by atoms with Gasteiger partial charge in [0.1, 0.15) is 0 Å². The van der Waals surface area contributed by atoms with Crippen molar-refractivity contribution >= 4 is 24.3 Å². The molecule has 3 aromatic rings. The lowest BCUT2D eigenvalue weighted by Gasteiger charge is -1.92. The van der Waals surface area contributed by atoms with E-state index < -0.39 is 0 Å². The highest BCUT2D eigenvalue weighted by atomic mass is 16.1. The smallest absolute Gasteiger partial charge is 0.211 e. The minimum atomic E-state index is 0.435. The normalized spacial score (nSPS) is 8.57. The van der Waals surface area contributed by atoms with Gasteiger partial charge in [-0.1, -0.05) is 123 Å². The first-order valence-electron chi connectivity index (χ1n) is 8.83. The van der Waals surface area contributed by atoms with Crippen LogP contribution in [0.3, 0.4) is 0 Å². The van der Waals surface area contributed by atoms with Crippen molar-refractivity contribution in [2.75, 3.05) is 0 Å². The maximum absolute atomic E-state index is 9.69. The Hall–Kier alpha value is -3.74. The molecule has 0 aliphatic heterocycles. The molecule has 140 valence electrons. The number of benzene rings is 3. The molecule has 28 heavy (non-hydrogen) atoms. The van der Waals surface area contributed by atoms with Gasteiger partial charge in [-0.3, -0.25) is 0 Å². The molecule has 0 amide bonds. The van der Waals surface area contributed by atoms with E-state index in [0.717, 1.165) is 16.7 Å². The van der Waals surface area contributed by atoms with E-state index in [1.54, 1.807) is 0 Å². The number of rotatable bonds is 5. The van der Waals surface area contributed by atoms with E-state index in [1.807, 2.05) is 103 Å². The fourth-order valence-electron chi connectivity index (χ4n) is 2.06. The Morgan fingerprint density at radius 3 is 1.39 bits per heavy atom. The summed E-state index contributed by atoms with van der Waals surface area (Å²) in [4.78, 5) is 13.1. The van der Waals surface area contributed by atoms with Crippen LogP contribution in [0, 0.1) is 0 Å². The van der Waals surface area contributed by atoms with E-state index >= 15 is 0 Å². The Balaban J connectivity index is 0.000000212. The molecular formula is C26H25NO. The summed E-state index contributed by atoms with van der Waals surface area (Å²) >= 11 is 0. The maximum atomic E-state index is 9.69. The first-order chi connectivity index (χ1) is 13.7. The average molecular weight is 367 g/mol. The molecule has 0 saturated heterocycles. The third kappa shape index (κ3) is 9.67. The van der Waals surface area contributed by atoms with Crippen LogP contribution in [0.15, 0.2) is 110 Å². The lowest BCUT2D eigenvalue weighted by molar-refractivity contribution is 0.563. The minimum absolute atomic E-state index is 0.435. The fourth-order valence-corrected chi connectivity index (χ4v) is 2.06. The zero-order valence-corrected chi connectivity index (χ0v) is 16.0. The van der Waals surface area contributed by atoms with Gasteiger partial charge in [0.25, 0.3) is 0 Å². The van der Waals surface area contributed by atoms with Crippen molar-refractivity contribution in [2.45, 2.75) is 6.54 Å². The molecule has 2 heteroatoms. The zero-order chi connectivity index (χ0) is 20.5. The molecule has 0 N–H and O–H groups in total. The maximum Gasteiger partial charge on any atom is 0.235 e. The summed E-state index contributed by atoms with van der Waals surface area (Å²) in [7, 11) is 0. The second-order valence-corrected chi connectivity index (χ2v) is 5.58. The van der Waals surface area contributed by atoms with Crippen LogP contribution in [0.5, 0.6) is 0 Å². The van der Waals surface area contributed by atoms with Crippen molar-refractivity contribution in [3.8, 4) is 0 Å². The lowest BCUT2D eigenvalue weighted by Crippen LogP contribution is -1.77. The average Bonchev–Trinajstić information content (AvgIpc) is 2.80. The predicted octanol–water partition coefficient (Wildman–Crippen LogP) is 6.82. The van der Waals surface area contributed by atoms with Crippen LogP contribution < -0.4 is 0 Å². The molecule has 3 aromatic carbocycles. The van der Waals surface area contributed by atoms with Crippen LogP contribution in [0.25, 0.3) is 18.2 Å². The highest BCUT2D eigenvalue weighted by Gasteiger charge is 1.85. The molecule has 3 rings (SSSR count). The first kappa shape index (κ1) is 22.3. The SMILES string of the molecule is C=Cc1ccc(C=C)cc1.C=Cc1ccccc1.O=C=NCc1ccccc1. The third-order valence-electron chi connectivity index (χ3n) is 3.61. The summed E-state index contributed by atoms with van der Waals surface area (Å²) in [6.45, 7) is 11.4. The van der Waals surface area contributed by atoms with Crippen molar-refractivity contribution in [3.05, 3.63) is 127 Å².